The van der Waals surface area contributed by atoms with Crippen molar-refractivity contribution < 1.29 is 23.9 Å². The van der Waals surface area contributed by atoms with Crippen LogP contribution in [0.2, 0.25) is 0 Å². The molecule has 4 aromatic carbocycles. The summed E-state index contributed by atoms with van der Waals surface area (Å²) in [6, 6.07) is 27.3. The standard InChI is InChI=1S/C29H21NO5S/c1-34-24-15-14-19(16-25(24)35-28(32)21-9-3-2-4-10-21)17-26-27(31)30(29(33)36-26)18-22-12-7-11-20-8-5-6-13-23(20)22/h2-17H,18H2,1H3/b26-17-. The summed E-state index contributed by atoms with van der Waals surface area (Å²) in [7, 11) is 1.48. The fourth-order valence-electron chi connectivity index (χ4n) is 3.98. The van der Waals surface area contributed by atoms with Crippen molar-refractivity contribution in [2.75, 3.05) is 7.11 Å². The molecule has 1 aliphatic heterocycles. The Morgan fingerprint density at radius 1 is 0.889 bits per heavy atom. The highest BCUT2D eigenvalue weighted by molar-refractivity contribution is 8.18. The lowest BCUT2D eigenvalue weighted by Crippen LogP contribution is -2.27. The zero-order chi connectivity index (χ0) is 25.1. The van der Waals surface area contributed by atoms with E-state index in [-0.39, 0.29) is 23.4 Å². The third-order valence-electron chi connectivity index (χ3n) is 5.78. The Labute approximate surface area is 212 Å². The summed E-state index contributed by atoms with van der Waals surface area (Å²) in [5.74, 6) is -0.298. The molecular formula is C29H21NO5S. The van der Waals surface area contributed by atoms with E-state index in [1.165, 1.54) is 12.0 Å². The molecule has 5 rings (SSSR count). The van der Waals surface area contributed by atoms with Gasteiger partial charge in [-0.3, -0.25) is 14.5 Å². The quantitative estimate of drug-likeness (QED) is 0.177. The van der Waals surface area contributed by atoms with E-state index in [4.69, 9.17) is 9.47 Å². The van der Waals surface area contributed by atoms with Crippen molar-refractivity contribution in [1.29, 1.82) is 0 Å². The number of hydrogen-bond acceptors (Lipinski definition) is 6. The van der Waals surface area contributed by atoms with E-state index in [0.29, 0.717) is 21.8 Å². The number of imide groups is 1. The molecular weight excluding hydrogens is 474 g/mol. The minimum atomic E-state index is -0.526. The van der Waals surface area contributed by atoms with Gasteiger partial charge in [0.15, 0.2) is 11.5 Å². The first-order chi connectivity index (χ1) is 17.5. The molecule has 0 radical (unpaired) electrons. The normalized spacial score (nSPS) is 14.5. The maximum absolute atomic E-state index is 13.1. The Morgan fingerprint density at radius 2 is 1.64 bits per heavy atom. The lowest BCUT2D eigenvalue weighted by molar-refractivity contribution is -0.123. The smallest absolute Gasteiger partial charge is 0.343 e. The van der Waals surface area contributed by atoms with Crippen LogP contribution in [0.4, 0.5) is 4.79 Å². The third-order valence-corrected chi connectivity index (χ3v) is 6.69. The average molecular weight is 496 g/mol. The maximum Gasteiger partial charge on any atom is 0.343 e. The van der Waals surface area contributed by atoms with Crippen molar-refractivity contribution in [3.05, 3.63) is 113 Å². The number of ether oxygens (including phenoxy) is 2. The Kier molecular flexibility index (Phi) is 6.56. The van der Waals surface area contributed by atoms with Crippen molar-refractivity contribution >= 4 is 45.7 Å². The number of fused-ring (bicyclic) bond motifs is 1. The van der Waals surface area contributed by atoms with E-state index in [1.54, 1.807) is 48.5 Å². The summed E-state index contributed by atoms with van der Waals surface area (Å²) in [5.41, 5.74) is 1.90. The lowest BCUT2D eigenvalue weighted by atomic mass is 10.0. The minimum Gasteiger partial charge on any atom is -0.493 e. The first kappa shape index (κ1) is 23.4. The third kappa shape index (κ3) is 4.74. The maximum atomic E-state index is 13.1. The molecule has 1 heterocycles. The molecule has 0 N–H and O–H groups in total. The van der Waals surface area contributed by atoms with Crippen molar-refractivity contribution in [1.82, 2.24) is 4.90 Å². The number of rotatable bonds is 6. The van der Waals surface area contributed by atoms with Crippen LogP contribution in [0, 0.1) is 0 Å². The molecule has 0 aliphatic carbocycles. The zero-order valence-corrected chi connectivity index (χ0v) is 20.2. The van der Waals surface area contributed by atoms with E-state index in [0.717, 1.165) is 28.1 Å². The van der Waals surface area contributed by atoms with Crippen LogP contribution >= 0.6 is 11.8 Å². The second-order valence-electron chi connectivity index (χ2n) is 8.07. The van der Waals surface area contributed by atoms with Crippen LogP contribution in [-0.4, -0.2) is 29.1 Å². The number of methoxy groups -OCH3 is 1. The monoisotopic (exact) mass is 495 g/mol. The highest BCUT2D eigenvalue weighted by Gasteiger charge is 2.35. The van der Waals surface area contributed by atoms with Gasteiger partial charge in [-0.05, 0) is 64.0 Å². The number of amides is 2. The van der Waals surface area contributed by atoms with Crippen molar-refractivity contribution in [3.63, 3.8) is 0 Å². The second kappa shape index (κ2) is 10.1. The molecule has 0 bridgehead atoms. The highest BCUT2D eigenvalue weighted by atomic mass is 32.2. The summed E-state index contributed by atoms with van der Waals surface area (Å²) in [5, 5.41) is 1.72. The van der Waals surface area contributed by atoms with Crippen molar-refractivity contribution in [3.8, 4) is 11.5 Å². The van der Waals surface area contributed by atoms with Gasteiger partial charge in [0.05, 0.1) is 24.1 Å². The van der Waals surface area contributed by atoms with Gasteiger partial charge in [0, 0.05) is 0 Å². The van der Waals surface area contributed by atoms with Gasteiger partial charge >= 0.3 is 5.97 Å². The Morgan fingerprint density at radius 3 is 2.44 bits per heavy atom. The number of carbonyl (C=O) groups excluding carboxylic acids is 3. The molecule has 0 saturated carbocycles. The van der Waals surface area contributed by atoms with Crippen LogP contribution < -0.4 is 9.47 Å². The number of hydrogen-bond donors (Lipinski definition) is 0. The average Bonchev–Trinajstić information content (AvgIpc) is 3.16. The molecule has 2 amide bonds. The van der Waals surface area contributed by atoms with Gasteiger partial charge in [-0.1, -0.05) is 66.7 Å². The van der Waals surface area contributed by atoms with Gasteiger partial charge in [-0.2, -0.15) is 0 Å². The van der Waals surface area contributed by atoms with Crippen LogP contribution in [0.1, 0.15) is 21.5 Å². The molecule has 6 nitrogen and oxygen atoms in total. The van der Waals surface area contributed by atoms with Crippen LogP contribution in [0.5, 0.6) is 11.5 Å². The SMILES string of the molecule is COc1ccc(/C=C2\SC(=O)N(Cc3cccc4ccccc34)C2=O)cc1OC(=O)c1ccccc1. The fourth-order valence-corrected chi connectivity index (χ4v) is 4.82. The van der Waals surface area contributed by atoms with E-state index < -0.39 is 5.97 Å². The van der Waals surface area contributed by atoms with Gasteiger partial charge in [0.2, 0.25) is 0 Å². The van der Waals surface area contributed by atoms with Crippen LogP contribution in [0.25, 0.3) is 16.8 Å². The lowest BCUT2D eigenvalue weighted by Gasteiger charge is -2.14. The van der Waals surface area contributed by atoms with Crippen molar-refractivity contribution in [2.24, 2.45) is 0 Å². The van der Waals surface area contributed by atoms with Gasteiger partial charge in [-0.25, -0.2) is 4.79 Å². The number of carbonyl (C=O) groups is 3. The molecule has 0 aromatic heterocycles. The molecule has 0 unspecified atom stereocenters. The Hall–Kier alpha value is -4.36. The van der Waals surface area contributed by atoms with Crippen LogP contribution in [0.3, 0.4) is 0 Å². The van der Waals surface area contributed by atoms with Crippen LogP contribution in [0.15, 0.2) is 95.9 Å². The molecule has 36 heavy (non-hydrogen) atoms. The summed E-state index contributed by atoms with van der Waals surface area (Å²) in [6.07, 6.45) is 1.62. The molecule has 178 valence electrons. The minimum absolute atomic E-state index is 0.186. The predicted octanol–water partition coefficient (Wildman–Crippen LogP) is 6.30. The highest BCUT2D eigenvalue weighted by Crippen LogP contribution is 2.36. The van der Waals surface area contributed by atoms with Crippen molar-refractivity contribution in [2.45, 2.75) is 6.54 Å². The zero-order valence-electron chi connectivity index (χ0n) is 19.3. The molecule has 1 fully saturated rings. The van der Waals surface area contributed by atoms with E-state index in [2.05, 4.69) is 0 Å². The Balaban J connectivity index is 1.39. The van der Waals surface area contributed by atoms with E-state index in [9.17, 15) is 14.4 Å². The first-order valence-corrected chi connectivity index (χ1v) is 12.0. The number of benzene rings is 4. The molecule has 4 aromatic rings. The van der Waals surface area contributed by atoms with Gasteiger partial charge in [0.1, 0.15) is 0 Å². The summed E-state index contributed by atoms with van der Waals surface area (Å²) in [4.78, 5) is 40.0. The predicted molar refractivity (Wildman–Crippen MR) is 140 cm³/mol. The van der Waals surface area contributed by atoms with E-state index in [1.807, 2.05) is 48.5 Å². The second-order valence-corrected chi connectivity index (χ2v) is 9.07. The number of nitrogens with zero attached hydrogens (tertiary/aromatic N) is 1. The largest absolute Gasteiger partial charge is 0.493 e. The summed E-state index contributed by atoms with van der Waals surface area (Å²) >= 11 is 0.887. The Bertz CT molecular complexity index is 1510. The molecule has 0 atom stereocenters. The molecule has 1 saturated heterocycles. The molecule has 7 heteroatoms. The van der Waals surface area contributed by atoms with Gasteiger partial charge < -0.3 is 9.47 Å². The summed E-state index contributed by atoms with van der Waals surface area (Å²) in [6.45, 7) is 0.186. The topological polar surface area (TPSA) is 72.9 Å². The van der Waals surface area contributed by atoms with E-state index >= 15 is 0 Å². The van der Waals surface area contributed by atoms with Crippen LogP contribution in [-0.2, 0) is 11.3 Å². The summed E-state index contributed by atoms with van der Waals surface area (Å²) < 4.78 is 10.9. The molecule has 1 aliphatic rings. The van der Waals surface area contributed by atoms with Gasteiger partial charge in [-0.15, -0.1) is 0 Å². The number of thioether (sulfide) groups is 1. The molecule has 0 spiro atoms. The van der Waals surface area contributed by atoms with Gasteiger partial charge in [0.25, 0.3) is 11.1 Å². The first-order valence-electron chi connectivity index (χ1n) is 11.2. The number of esters is 1. The fraction of sp³-hybridized carbons (Fsp3) is 0.0690.